The van der Waals surface area contributed by atoms with Crippen LogP contribution in [0.15, 0.2) is 0 Å². The first-order chi connectivity index (χ1) is 4.36. The topological polar surface area (TPSA) is 26.0 Å². The van der Waals surface area contributed by atoms with Crippen LogP contribution in [0.4, 0.5) is 0 Å². The predicted octanol–water partition coefficient (Wildman–Crippen LogP) is 1.52. The molecule has 2 bridgehead atoms. The van der Waals surface area contributed by atoms with Gasteiger partial charge in [0.25, 0.3) is 0 Å². The Bertz CT molecular complexity index is 111. The van der Waals surface area contributed by atoms with Crippen molar-refractivity contribution in [3.8, 4) is 0 Å². The molecule has 0 heterocycles. The van der Waals surface area contributed by atoms with Crippen LogP contribution in [0.5, 0.6) is 0 Å². The van der Waals surface area contributed by atoms with Crippen molar-refractivity contribution in [3.63, 3.8) is 0 Å². The molecule has 2 aliphatic rings. The average Bonchev–Trinajstić information content (AvgIpc) is 2.25. The summed E-state index contributed by atoms with van der Waals surface area (Å²) in [6.45, 7) is 0. The van der Waals surface area contributed by atoms with Crippen molar-refractivity contribution in [2.45, 2.75) is 38.1 Å². The molecule has 2 N–H and O–H groups in total. The highest BCUT2D eigenvalue weighted by Crippen LogP contribution is 2.40. The SMILES string of the molecule is N[C@@H]1CC[C@@H]2CC[C@H]1C2. The van der Waals surface area contributed by atoms with Gasteiger partial charge in [0.15, 0.2) is 0 Å². The second-order valence-electron chi connectivity index (χ2n) is 3.68. The van der Waals surface area contributed by atoms with Gasteiger partial charge in [-0.2, -0.15) is 0 Å². The van der Waals surface area contributed by atoms with Gasteiger partial charge in [-0.25, -0.2) is 0 Å². The molecule has 0 unspecified atom stereocenters. The van der Waals surface area contributed by atoms with E-state index in [2.05, 4.69) is 0 Å². The van der Waals surface area contributed by atoms with Gasteiger partial charge in [-0.3, -0.25) is 0 Å². The Morgan fingerprint density at radius 3 is 2.56 bits per heavy atom. The van der Waals surface area contributed by atoms with E-state index in [1.54, 1.807) is 0 Å². The fourth-order valence-electron chi connectivity index (χ4n) is 2.43. The first kappa shape index (κ1) is 5.72. The van der Waals surface area contributed by atoms with E-state index in [1.807, 2.05) is 0 Å². The first-order valence-electron chi connectivity index (χ1n) is 4.12. The minimum Gasteiger partial charge on any atom is -0.327 e. The molecular formula is C8H15N. The minimum atomic E-state index is 0.559. The van der Waals surface area contributed by atoms with Crippen molar-refractivity contribution in [1.82, 2.24) is 0 Å². The van der Waals surface area contributed by atoms with Crippen LogP contribution in [-0.4, -0.2) is 6.04 Å². The fourth-order valence-corrected chi connectivity index (χ4v) is 2.43. The molecular weight excluding hydrogens is 110 g/mol. The number of fused-ring (bicyclic) bond motifs is 2. The Morgan fingerprint density at radius 1 is 1.00 bits per heavy atom. The minimum absolute atomic E-state index is 0.559. The molecule has 1 heteroatoms. The summed E-state index contributed by atoms with van der Waals surface area (Å²) < 4.78 is 0. The van der Waals surface area contributed by atoms with Crippen LogP contribution in [0.2, 0.25) is 0 Å². The Morgan fingerprint density at radius 2 is 1.78 bits per heavy atom. The number of nitrogens with two attached hydrogens (primary N) is 1. The highest BCUT2D eigenvalue weighted by atomic mass is 14.7. The summed E-state index contributed by atoms with van der Waals surface area (Å²) in [5.41, 5.74) is 5.92. The summed E-state index contributed by atoms with van der Waals surface area (Å²) in [5, 5.41) is 0. The Labute approximate surface area is 56.6 Å². The van der Waals surface area contributed by atoms with Crippen LogP contribution >= 0.6 is 0 Å². The third-order valence-electron chi connectivity index (χ3n) is 3.10. The average molecular weight is 125 g/mol. The molecule has 0 radical (unpaired) electrons. The molecule has 9 heavy (non-hydrogen) atoms. The molecule has 2 saturated carbocycles. The molecule has 0 spiro atoms. The van der Waals surface area contributed by atoms with Crippen molar-refractivity contribution in [3.05, 3.63) is 0 Å². The summed E-state index contributed by atoms with van der Waals surface area (Å²) >= 11 is 0. The number of hydrogen-bond acceptors (Lipinski definition) is 1. The first-order valence-corrected chi connectivity index (χ1v) is 4.12. The second kappa shape index (κ2) is 1.98. The highest BCUT2D eigenvalue weighted by molar-refractivity contribution is 4.88. The molecule has 2 rings (SSSR count). The van der Waals surface area contributed by atoms with E-state index < -0.39 is 0 Å². The lowest BCUT2D eigenvalue weighted by atomic mass is 9.86. The summed E-state index contributed by atoms with van der Waals surface area (Å²) in [5.74, 6) is 1.97. The van der Waals surface area contributed by atoms with Crippen LogP contribution in [0, 0.1) is 11.8 Å². The summed E-state index contributed by atoms with van der Waals surface area (Å²) in [4.78, 5) is 0. The molecule has 0 amide bonds. The third kappa shape index (κ3) is 0.877. The molecule has 52 valence electrons. The van der Waals surface area contributed by atoms with Crippen LogP contribution in [0.1, 0.15) is 32.1 Å². The van der Waals surface area contributed by atoms with E-state index in [-0.39, 0.29) is 0 Å². The maximum absolute atomic E-state index is 5.92. The monoisotopic (exact) mass is 125 g/mol. The lowest BCUT2D eigenvalue weighted by Gasteiger charge is -2.24. The summed E-state index contributed by atoms with van der Waals surface area (Å²) in [6, 6.07) is 0.559. The van der Waals surface area contributed by atoms with Gasteiger partial charge in [0.2, 0.25) is 0 Å². The highest BCUT2D eigenvalue weighted by Gasteiger charge is 2.33. The van der Waals surface area contributed by atoms with E-state index in [1.165, 1.54) is 32.1 Å². The van der Waals surface area contributed by atoms with Gasteiger partial charge >= 0.3 is 0 Å². The summed E-state index contributed by atoms with van der Waals surface area (Å²) in [6.07, 6.45) is 7.05. The van der Waals surface area contributed by atoms with Gasteiger partial charge in [0.05, 0.1) is 0 Å². The van der Waals surface area contributed by atoms with Crippen LogP contribution in [0.25, 0.3) is 0 Å². The zero-order valence-electron chi connectivity index (χ0n) is 5.84. The van der Waals surface area contributed by atoms with Gasteiger partial charge in [-0.05, 0) is 37.5 Å². The van der Waals surface area contributed by atoms with Gasteiger partial charge < -0.3 is 5.73 Å². The molecule has 2 aliphatic carbocycles. The van der Waals surface area contributed by atoms with E-state index in [9.17, 15) is 0 Å². The molecule has 0 saturated heterocycles. The fraction of sp³-hybridized carbons (Fsp3) is 1.00. The number of rotatable bonds is 0. The zero-order chi connectivity index (χ0) is 6.27. The quantitative estimate of drug-likeness (QED) is 0.522. The van der Waals surface area contributed by atoms with Crippen LogP contribution in [0.3, 0.4) is 0 Å². The largest absolute Gasteiger partial charge is 0.327 e. The van der Waals surface area contributed by atoms with E-state index >= 15 is 0 Å². The van der Waals surface area contributed by atoms with Gasteiger partial charge in [0.1, 0.15) is 0 Å². The van der Waals surface area contributed by atoms with E-state index in [0.29, 0.717) is 6.04 Å². The molecule has 0 aromatic rings. The third-order valence-corrected chi connectivity index (χ3v) is 3.10. The molecule has 0 aliphatic heterocycles. The van der Waals surface area contributed by atoms with Crippen LogP contribution < -0.4 is 5.73 Å². The van der Waals surface area contributed by atoms with E-state index in [4.69, 9.17) is 5.73 Å². The number of hydrogen-bond donors (Lipinski definition) is 1. The Balaban J connectivity index is 2.05. The zero-order valence-corrected chi connectivity index (χ0v) is 5.84. The maximum Gasteiger partial charge on any atom is 0.00673 e. The normalized spacial score (nSPS) is 49.7. The smallest absolute Gasteiger partial charge is 0.00673 e. The standard InChI is InChI=1S/C8H15N/c9-8-4-2-6-1-3-7(8)5-6/h6-8H,1-5,9H2/t6-,7-,8+/m0/s1. The molecule has 1 nitrogen and oxygen atoms in total. The Kier molecular flexibility index (Phi) is 1.26. The van der Waals surface area contributed by atoms with Crippen molar-refractivity contribution < 1.29 is 0 Å². The molecule has 0 aromatic carbocycles. The lowest BCUT2D eigenvalue weighted by Crippen LogP contribution is -2.31. The second-order valence-corrected chi connectivity index (χ2v) is 3.68. The van der Waals surface area contributed by atoms with E-state index in [0.717, 1.165) is 11.8 Å². The molecule has 2 fully saturated rings. The predicted molar refractivity (Wildman–Crippen MR) is 38.0 cm³/mol. The van der Waals surface area contributed by atoms with Gasteiger partial charge in [-0.1, -0.05) is 6.42 Å². The van der Waals surface area contributed by atoms with Crippen molar-refractivity contribution in [2.75, 3.05) is 0 Å². The van der Waals surface area contributed by atoms with Gasteiger partial charge in [-0.15, -0.1) is 0 Å². The van der Waals surface area contributed by atoms with Crippen molar-refractivity contribution in [2.24, 2.45) is 17.6 Å². The maximum atomic E-state index is 5.92. The summed E-state index contributed by atoms with van der Waals surface area (Å²) in [7, 11) is 0. The van der Waals surface area contributed by atoms with Crippen molar-refractivity contribution in [1.29, 1.82) is 0 Å². The van der Waals surface area contributed by atoms with Gasteiger partial charge in [0, 0.05) is 6.04 Å². The Hall–Kier alpha value is -0.0400. The van der Waals surface area contributed by atoms with Crippen molar-refractivity contribution >= 4 is 0 Å². The van der Waals surface area contributed by atoms with Crippen LogP contribution in [-0.2, 0) is 0 Å². The lowest BCUT2D eigenvalue weighted by molar-refractivity contribution is 0.314. The molecule has 0 aromatic heterocycles. The molecule has 3 atom stereocenters.